The smallest absolute Gasteiger partial charge is 0.325 e. The Labute approximate surface area is 156 Å². The highest BCUT2D eigenvalue weighted by Gasteiger charge is 2.31. The first-order valence-electron chi connectivity index (χ1n) is 7.60. The fraction of sp³-hybridized carbons (Fsp3) is 0.235. The minimum absolute atomic E-state index is 0.0252. The predicted octanol–water partition coefficient (Wildman–Crippen LogP) is 4.28. The number of amides is 1. The first-order valence-corrected chi connectivity index (χ1v) is 9.42. The summed E-state index contributed by atoms with van der Waals surface area (Å²) in [6.45, 7) is 0. The normalized spacial score (nSPS) is 12.6. The van der Waals surface area contributed by atoms with Gasteiger partial charge in [-0.05, 0) is 42.0 Å². The van der Waals surface area contributed by atoms with Crippen LogP contribution >= 0.6 is 0 Å². The minimum atomic E-state index is -4.56. The average molecular weight is 425 g/mol. The second kappa shape index (κ2) is 7.82. The summed E-state index contributed by atoms with van der Waals surface area (Å²) in [4.78, 5) is 11.8. The summed E-state index contributed by atoms with van der Waals surface area (Å²) in [5.74, 6) is -2.62. The van der Waals surface area contributed by atoms with Gasteiger partial charge in [-0.15, -0.1) is 0 Å². The maximum atomic E-state index is 12.5. The predicted molar refractivity (Wildman–Crippen MR) is 89.0 cm³/mol. The molecule has 28 heavy (non-hydrogen) atoms. The maximum absolute atomic E-state index is 12.5. The first-order chi connectivity index (χ1) is 12.8. The van der Waals surface area contributed by atoms with Crippen LogP contribution in [0, 0.1) is 0 Å². The Bertz CT molecular complexity index is 933. The lowest BCUT2D eigenvalue weighted by atomic mass is 10.1. The lowest BCUT2D eigenvalue weighted by Gasteiger charge is -2.10. The van der Waals surface area contributed by atoms with Gasteiger partial charge in [-0.3, -0.25) is 4.79 Å². The fourth-order valence-electron chi connectivity index (χ4n) is 2.23. The number of hydrogen-bond donors (Lipinski definition) is 1. The van der Waals surface area contributed by atoms with Crippen LogP contribution in [-0.2, 0) is 32.7 Å². The van der Waals surface area contributed by atoms with Crippen LogP contribution in [0.3, 0.4) is 0 Å². The van der Waals surface area contributed by atoms with E-state index in [2.05, 4.69) is 5.32 Å². The molecule has 0 bridgehead atoms. The second-order valence-corrected chi connectivity index (χ2v) is 7.91. The van der Waals surface area contributed by atoms with E-state index >= 15 is 0 Å². The topological polar surface area (TPSA) is 63.2 Å². The van der Waals surface area contributed by atoms with Crippen molar-refractivity contribution in [3.8, 4) is 0 Å². The number of alkyl halides is 6. The van der Waals surface area contributed by atoms with Gasteiger partial charge < -0.3 is 5.32 Å². The van der Waals surface area contributed by atoms with Crippen LogP contribution in [0.25, 0.3) is 0 Å². The van der Waals surface area contributed by atoms with E-state index < -0.39 is 50.7 Å². The Balaban J connectivity index is 1.98. The average Bonchev–Trinajstić information content (AvgIpc) is 2.53. The van der Waals surface area contributed by atoms with Crippen molar-refractivity contribution in [2.45, 2.75) is 18.1 Å². The van der Waals surface area contributed by atoms with E-state index in [9.17, 15) is 39.6 Å². The van der Waals surface area contributed by atoms with Crippen LogP contribution in [-0.4, -0.2) is 20.1 Å². The SMILES string of the molecule is O=C(CS(=O)(=O)Cc1ccc(C(F)(F)F)cc1)Nc1ccc(C(F)(F)F)cc1. The molecule has 0 aliphatic heterocycles. The Hall–Kier alpha value is -2.56. The van der Waals surface area contributed by atoms with Crippen molar-refractivity contribution in [3.63, 3.8) is 0 Å². The van der Waals surface area contributed by atoms with Gasteiger partial charge in [0.1, 0.15) is 5.75 Å². The van der Waals surface area contributed by atoms with Crippen LogP contribution in [0.15, 0.2) is 48.5 Å². The third-order valence-electron chi connectivity index (χ3n) is 3.51. The van der Waals surface area contributed by atoms with Gasteiger partial charge in [0.15, 0.2) is 9.84 Å². The van der Waals surface area contributed by atoms with Gasteiger partial charge in [-0.25, -0.2) is 8.42 Å². The molecule has 0 atom stereocenters. The highest BCUT2D eigenvalue weighted by atomic mass is 32.2. The molecule has 152 valence electrons. The summed E-state index contributed by atoms with van der Waals surface area (Å²) in [6, 6.07) is 6.85. The van der Waals surface area contributed by atoms with Crippen LogP contribution < -0.4 is 5.32 Å². The van der Waals surface area contributed by atoms with Crippen LogP contribution in [0.4, 0.5) is 32.0 Å². The Kier molecular flexibility index (Phi) is 6.07. The second-order valence-electron chi connectivity index (χ2n) is 5.85. The van der Waals surface area contributed by atoms with E-state index in [-0.39, 0.29) is 11.3 Å². The highest BCUT2D eigenvalue weighted by Crippen LogP contribution is 2.30. The summed E-state index contributed by atoms with van der Waals surface area (Å²) in [7, 11) is -4.01. The number of rotatable bonds is 5. The van der Waals surface area contributed by atoms with Crippen molar-refractivity contribution in [2.24, 2.45) is 0 Å². The Morgan fingerprint density at radius 2 is 1.21 bits per heavy atom. The highest BCUT2D eigenvalue weighted by molar-refractivity contribution is 7.91. The van der Waals surface area contributed by atoms with Gasteiger partial charge in [-0.2, -0.15) is 26.3 Å². The van der Waals surface area contributed by atoms with E-state index in [4.69, 9.17) is 0 Å². The van der Waals surface area contributed by atoms with Gasteiger partial charge >= 0.3 is 12.4 Å². The molecule has 2 rings (SSSR count). The van der Waals surface area contributed by atoms with Crippen LogP contribution in [0.2, 0.25) is 0 Å². The Morgan fingerprint density at radius 3 is 1.64 bits per heavy atom. The summed E-state index contributed by atoms with van der Waals surface area (Å²) in [5.41, 5.74) is -1.83. The maximum Gasteiger partial charge on any atom is 0.416 e. The first kappa shape index (κ1) is 21.7. The molecule has 0 fully saturated rings. The molecule has 0 saturated carbocycles. The van der Waals surface area contributed by atoms with Crippen molar-refractivity contribution < 1.29 is 39.6 Å². The van der Waals surface area contributed by atoms with Crippen LogP contribution in [0.1, 0.15) is 16.7 Å². The van der Waals surface area contributed by atoms with Gasteiger partial charge in [0.05, 0.1) is 16.9 Å². The zero-order valence-corrected chi connectivity index (χ0v) is 14.8. The molecule has 0 unspecified atom stereocenters. The zero-order valence-electron chi connectivity index (χ0n) is 13.9. The lowest BCUT2D eigenvalue weighted by Crippen LogP contribution is -2.24. The molecule has 0 heterocycles. The molecular formula is C17H13F6NO3S. The van der Waals surface area contributed by atoms with Gasteiger partial charge in [0.25, 0.3) is 0 Å². The molecule has 2 aromatic carbocycles. The third kappa shape index (κ3) is 6.25. The molecule has 0 aromatic heterocycles. The van der Waals surface area contributed by atoms with Gasteiger partial charge in [0.2, 0.25) is 5.91 Å². The molecule has 1 amide bonds. The number of carbonyl (C=O) groups is 1. The van der Waals surface area contributed by atoms with E-state index in [0.717, 1.165) is 48.5 Å². The van der Waals surface area contributed by atoms with Crippen molar-refractivity contribution >= 4 is 21.4 Å². The number of sulfone groups is 1. The number of carbonyl (C=O) groups excluding carboxylic acids is 1. The molecule has 4 nitrogen and oxygen atoms in total. The van der Waals surface area contributed by atoms with Crippen molar-refractivity contribution in [2.75, 3.05) is 11.1 Å². The molecule has 1 N–H and O–H groups in total. The van der Waals surface area contributed by atoms with Crippen molar-refractivity contribution in [1.82, 2.24) is 0 Å². The molecule has 0 saturated heterocycles. The van der Waals surface area contributed by atoms with E-state index in [1.54, 1.807) is 0 Å². The molecule has 0 aliphatic carbocycles. The zero-order chi connectivity index (χ0) is 21.2. The Morgan fingerprint density at radius 1 is 0.786 bits per heavy atom. The summed E-state index contributed by atoms with van der Waals surface area (Å²) in [6.07, 6.45) is -9.10. The van der Waals surface area contributed by atoms with E-state index in [0.29, 0.717) is 0 Å². The molecule has 0 spiro atoms. The number of benzene rings is 2. The summed E-state index contributed by atoms with van der Waals surface area (Å²) in [5, 5.41) is 2.16. The van der Waals surface area contributed by atoms with Crippen LogP contribution in [0.5, 0.6) is 0 Å². The third-order valence-corrected chi connectivity index (χ3v) is 4.99. The number of hydrogen-bond acceptors (Lipinski definition) is 3. The molecule has 11 heteroatoms. The van der Waals surface area contributed by atoms with Crippen molar-refractivity contribution in [1.29, 1.82) is 0 Å². The standard InChI is InChI=1S/C17H13F6NO3S/c18-16(19,20)12-3-1-11(2-4-12)9-28(26,27)10-15(25)24-14-7-5-13(6-8-14)17(21,22)23/h1-8H,9-10H2,(H,24,25). The molecule has 0 radical (unpaired) electrons. The molecule has 2 aromatic rings. The summed E-state index contributed by atoms with van der Waals surface area (Å²) < 4.78 is 99.0. The monoisotopic (exact) mass is 425 g/mol. The summed E-state index contributed by atoms with van der Waals surface area (Å²) >= 11 is 0. The number of halogens is 6. The van der Waals surface area contributed by atoms with E-state index in [1.165, 1.54) is 0 Å². The van der Waals surface area contributed by atoms with E-state index in [1.807, 2.05) is 0 Å². The minimum Gasteiger partial charge on any atom is -0.325 e. The van der Waals surface area contributed by atoms with Gasteiger partial charge in [0, 0.05) is 5.69 Å². The quantitative estimate of drug-likeness (QED) is 0.728. The van der Waals surface area contributed by atoms with Gasteiger partial charge in [-0.1, -0.05) is 12.1 Å². The molecular weight excluding hydrogens is 412 g/mol. The largest absolute Gasteiger partial charge is 0.416 e. The number of nitrogens with one attached hydrogen (secondary N) is 1. The lowest BCUT2D eigenvalue weighted by molar-refractivity contribution is -0.138. The fourth-order valence-corrected chi connectivity index (χ4v) is 3.51. The number of anilines is 1. The molecule has 0 aliphatic rings. The van der Waals surface area contributed by atoms with Crippen molar-refractivity contribution in [3.05, 3.63) is 65.2 Å².